The fraction of sp³-hybridized carbons (Fsp3) is 0.167. The Bertz CT molecular complexity index is 528. The van der Waals surface area contributed by atoms with Crippen molar-refractivity contribution in [2.75, 3.05) is 17.6 Å². The fourth-order valence-corrected chi connectivity index (χ4v) is 1.76. The minimum Gasteiger partial charge on any atom is -0.368 e. The molecule has 0 unspecified atom stereocenters. The molecule has 4 nitrogen and oxygen atoms in total. The topological polar surface area (TPSA) is 63.8 Å². The van der Waals surface area contributed by atoms with Crippen LogP contribution in [0, 0.1) is 0 Å². The maximum atomic E-state index is 5.94. The SMILES string of the molecule is Nc1ncc(Cl)c(NCCc2ccc(Cl)cc2)n1. The van der Waals surface area contributed by atoms with E-state index in [1.165, 1.54) is 11.8 Å². The number of benzene rings is 1. The molecule has 6 heteroatoms. The van der Waals surface area contributed by atoms with Crippen LogP contribution in [0.4, 0.5) is 11.8 Å². The first-order chi connectivity index (χ1) is 8.65. The van der Waals surface area contributed by atoms with E-state index in [9.17, 15) is 0 Å². The third-order valence-electron chi connectivity index (χ3n) is 2.38. The van der Waals surface area contributed by atoms with Gasteiger partial charge in [-0.1, -0.05) is 35.3 Å². The minimum atomic E-state index is 0.202. The van der Waals surface area contributed by atoms with E-state index < -0.39 is 0 Å². The van der Waals surface area contributed by atoms with E-state index in [1.807, 2.05) is 24.3 Å². The monoisotopic (exact) mass is 282 g/mol. The molecule has 0 radical (unpaired) electrons. The van der Waals surface area contributed by atoms with E-state index in [0.29, 0.717) is 17.4 Å². The zero-order valence-corrected chi connectivity index (χ0v) is 11.0. The second-order valence-corrected chi connectivity index (χ2v) is 4.57. The average molecular weight is 283 g/mol. The number of halogens is 2. The second-order valence-electron chi connectivity index (χ2n) is 3.73. The molecule has 0 bridgehead atoms. The molecule has 18 heavy (non-hydrogen) atoms. The van der Waals surface area contributed by atoms with Crippen LogP contribution in [0.25, 0.3) is 0 Å². The maximum Gasteiger partial charge on any atom is 0.222 e. The standard InChI is InChI=1S/C12H12Cl2N4/c13-9-3-1-8(2-4-9)5-6-16-11-10(14)7-17-12(15)18-11/h1-4,7H,5-6H2,(H3,15,16,17,18). The lowest BCUT2D eigenvalue weighted by molar-refractivity contribution is 1.00. The molecular weight excluding hydrogens is 271 g/mol. The maximum absolute atomic E-state index is 5.94. The zero-order chi connectivity index (χ0) is 13.0. The van der Waals surface area contributed by atoms with Gasteiger partial charge < -0.3 is 11.1 Å². The molecule has 0 saturated heterocycles. The van der Waals surface area contributed by atoms with E-state index in [4.69, 9.17) is 28.9 Å². The van der Waals surface area contributed by atoms with E-state index in [-0.39, 0.29) is 5.95 Å². The fourth-order valence-electron chi connectivity index (χ4n) is 1.48. The lowest BCUT2D eigenvalue weighted by atomic mass is 10.1. The molecule has 0 saturated carbocycles. The zero-order valence-electron chi connectivity index (χ0n) is 9.53. The molecule has 94 valence electrons. The molecule has 0 fully saturated rings. The van der Waals surface area contributed by atoms with Crippen molar-refractivity contribution >= 4 is 35.0 Å². The smallest absolute Gasteiger partial charge is 0.222 e. The second kappa shape index (κ2) is 5.89. The van der Waals surface area contributed by atoms with E-state index >= 15 is 0 Å². The van der Waals surface area contributed by atoms with Gasteiger partial charge in [-0.2, -0.15) is 4.98 Å². The molecule has 2 rings (SSSR count). The predicted molar refractivity (Wildman–Crippen MR) is 75.1 cm³/mol. The van der Waals surface area contributed by atoms with Gasteiger partial charge in [0.05, 0.1) is 6.20 Å². The summed E-state index contributed by atoms with van der Waals surface area (Å²) in [4.78, 5) is 7.82. The molecule has 0 amide bonds. The molecule has 1 aromatic carbocycles. The highest BCUT2D eigenvalue weighted by atomic mass is 35.5. The van der Waals surface area contributed by atoms with Crippen LogP contribution in [0.15, 0.2) is 30.5 Å². The van der Waals surface area contributed by atoms with Crippen LogP contribution >= 0.6 is 23.2 Å². The van der Waals surface area contributed by atoms with Crippen LogP contribution in [0.2, 0.25) is 10.0 Å². The lowest BCUT2D eigenvalue weighted by Gasteiger charge is -2.07. The van der Waals surface area contributed by atoms with Gasteiger partial charge in [0.2, 0.25) is 5.95 Å². The van der Waals surface area contributed by atoms with Gasteiger partial charge in [-0.25, -0.2) is 4.98 Å². The van der Waals surface area contributed by atoms with Gasteiger partial charge in [0.25, 0.3) is 0 Å². The summed E-state index contributed by atoms with van der Waals surface area (Å²) in [6.07, 6.45) is 2.33. The van der Waals surface area contributed by atoms with Gasteiger partial charge in [-0.05, 0) is 24.1 Å². The quantitative estimate of drug-likeness (QED) is 0.905. The summed E-state index contributed by atoms with van der Waals surface area (Å²) in [6.45, 7) is 0.706. The number of nitrogens with zero attached hydrogens (tertiary/aromatic N) is 2. The Morgan fingerprint density at radius 1 is 1.17 bits per heavy atom. The van der Waals surface area contributed by atoms with Crippen molar-refractivity contribution in [3.05, 3.63) is 46.1 Å². The third kappa shape index (κ3) is 3.48. The summed E-state index contributed by atoms with van der Waals surface area (Å²) in [6, 6.07) is 7.71. The number of nitrogen functional groups attached to an aromatic ring is 1. The van der Waals surface area contributed by atoms with Gasteiger partial charge in [-0.15, -0.1) is 0 Å². The Morgan fingerprint density at radius 2 is 1.89 bits per heavy atom. The van der Waals surface area contributed by atoms with E-state index in [1.54, 1.807) is 0 Å². The summed E-state index contributed by atoms with van der Waals surface area (Å²) in [5.41, 5.74) is 6.68. The van der Waals surface area contributed by atoms with Crippen molar-refractivity contribution in [2.24, 2.45) is 0 Å². The molecule has 3 N–H and O–H groups in total. The first-order valence-corrected chi connectivity index (χ1v) is 6.17. The van der Waals surface area contributed by atoms with Gasteiger partial charge in [0.1, 0.15) is 10.8 Å². The van der Waals surface area contributed by atoms with Gasteiger partial charge in [0, 0.05) is 11.6 Å². The van der Waals surface area contributed by atoms with Crippen molar-refractivity contribution in [3.63, 3.8) is 0 Å². The van der Waals surface area contributed by atoms with Crippen LogP contribution in [0.5, 0.6) is 0 Å². The Kier molecular flexibility index (Phi) is 4.23. The molecule has 2 aromatic rings. The lowest BCUT2D eigenvalue weighted by Crippen LogP contribution is -2.08. The molecule has 0 aliphatic rings. The van der Waals surface area contributed by atoms with E-state index in [2.05, 4.69) is 15.3 Å². The van der Waals surface area contributed by atoms with Crippen LogP contribution in [0.1, 0.15) is 5.56 Å². The average Bonchev–Trinajstić information content (AvgIpc) is 2.36. The van der Waals surface area contributed by atoms with Crippen LogP contribution in [-0.4, -0.2) is 16.5 Å². The largest absolute Gasteiger partial charge is 0.368 e. The first kappa shape index (κ1) is 12.9. The Labute approximate surface area is 115 Å². The predicted octanol–water partition coefficient (Wildman–Crippen LogP) is 3.02. The summed E-state index contributed by atoms with van der Waals surface area (Å²) < 4.78 is 0. The molecule has 0 aliphatic carbocycles. The van der Waals surface area contributed by atoms with Gasteiger partial charge in [-0.3, -0.25) is 0 Å². The number of hydrogen-bond acceptors (Lipinski definition) is 4. The van der Waals surface area contributed by atoms with Crippen molar-refractivity contribution < 1.29 is 0 Å². The molecule has 0 atom stereocenters. The van der Waals surface area contributed by atoms with Crippen LogP contribution < -0.4 is 11.1 Å². The number of hydrogen-bond donors (Lipinski definition) is 2. The first-order valence-electron chi connectivity index (χ1n) is 5.41. The van der Waals surface area contributed by atoms with Crippen LogP contribution in [0.3, 0.4) is 0 Å². The van der Waals surface area contributed by atoms with Gasteiger partial charge >= 0.3 is 0 Å². The number of rotatable bonds is 4. The molecule has 1 heterocycles. The van der Waals surface area contributed by atoms with Gasteiger partial charge in [0.15, 0.2) is 0 Å². The number of nitrogens with one attached hydrogen (secondary N) is 1. The van der Waals surface area contributed by atoms with Crippen molar-refractivity contribution in [1.82, 2.24) is 9.97 Å². The summed E-state index contributed by atoms with van der Waals surface area (Å²) in [5, 5.41) is 4.31. The number of anilines is 2. The van der Waals surface area contributed by atoms with Crippen LogP contribution in [-0.2, 0) is 6.42 Å². The summed E-state index contributed by atoms with van der Waals surface area (Å²) in [7, 11) is 0. The molecular formula is C12H12Cl2N4. The van der Waals surface area contributed by atoms with E-state index in [0.717, 1.165) is 11.4 Å². The highest BCUT2D eigenvalue weighted by Gasteiger charge is 2.02. The van der Waals surface area contributed by atoms with Crippen molar-refractivity contribution in [2.45, 2.75) is 6.42 Å². The summed E-state index contributed by atoms with van der Waals surface area (Å²) in [5.74, 6) is 0.756. The number of aromatic nitrogens is 2. The highest BCUT2D eigenvalue weighted by Crippen LogP contribution is 2.18. The summed E-state index contributed by atoms with van der Waals surface area (Å²) >= 11 is 11.8. The highest BCUT2D eigenvalue weighted by molar-refractivity contribution is 6.32. The minimum absolute atomic E-state index is 0.202. The third-order valence-corrected chi connectivity index (χ3v) is 2.91. The molecule has 0 aliphatic heterocycles. The Hall–Kier alpha value is -1.52. The van der Waals surface area contributed by atoms with Crippen molar-refractivity contribution in [3.8, 4) is 0 Å². The number of nitrogens with two attached hydrogens (primary N) is 1. The molecule has 0 spiro atoms. The van der Waals surface area contributed by atoms with Crippen molar-refractivity contribution in [1.29, 1.82) is 0 Å². The molecule has 1 aromatic heterocycles. The Morgan fingerprint density at radius 3 is 2.61 bits per heavy atom. The Balaban J connectivity index is 1.92. The normalized spacial score (nSPS) is 10.3.